The van der Waals surface area contributed by atoms with Crippen molar-refractivity contribution in [2.45, 2.75) is 5.92 Å². The zero-order valence-electron chi connectivity index (χ0n) is 7.89. The Morgan fingerprint density at radius 2 is 2.20 bits per heavy atom. The topological polar surface area (TPSA) is 49.6 Å². The van der Waals surface area contributed by atoms with E-state index >= 15 is 0 Å². The van der Waals surface area contributed by atoms with Crippen LogP contribution in [-0.4, -0.2) is 15.3 Å². The van der Waals surface area contributed by atoms with Crippen LogP contribution in [0.3, 0.4) is 0 Å². The van der Waals surface area contributed by atoms with Crippen LogP contribution >= 0.6 is 15.9 Å². The number of hydrogen-bond acceptors (Lipinski definition) is 3. The second-order valence-corrected chi connectivity index (χ2v) is 3.77. The fourth-order valence-corrected chi connectivity index (χ4v) is 1.75. The average Bonchev–Trinajstić information content (AvgIpc) is 2.30. The summed E-state index contributed by atoms with van der Waals surface area (Å²) in [5.41, 5.74) is 0.878. The molecule has 0 aliphatic heterocycles. The van der Waals surface area contributed by atoms with E-state index in [0.29, 0.717) is 11.2 Å². The lowest BCUT2D eigenvalue weighted by molar-refractivity contribution is 0.882. The molecule has 0 aliphatic rings. The van der Waals surface area contributed by atoms with Gasteiger partial charge in [0.05, 0.1) is 11.6 Å². The maximum absolute atomic E-state index is 8.89. The van der Waals surface area contributed by atoms with E-state index in [-0.39, 0.29) is 5.92 Å². The number of nitrogens with zero attached hydrogens (tertiary/aromatic N) is 3. The van der Waals surface area contributed by atoms with Gasteiger partial charge in [-0.3, -0.25) is 0 Å². The minimum Gasteiger partial charge on any atom is -0.239 e. The van der Waals surface area contributed by atoms with Crippen LogP contribution in [0.5, 0.6) is 0 Å². The van der Waals surface area contributed by atoms with E-state index < -0.39 is 0 Å². The molecular formula is C11H8BrN3. The van der Waals surface area contributed by atoms with Crippen LogP contribution in [0.2, 0.25) is 0 Å². The molecule has 1 atom stereocenters. The van der Waals surface area contributed by atoms with Gasteiger partial charge in [0.1, 0.15) is 11.7 Å². The van der Waals surface area contributed by atoms with Gasteiger partial charge in [0.2, 0.25) is 0 Å². The zero-order chi connectivity index (χ0) is 10.7. The highest BCUT2D eigenvalue weighted by molar-refractivity contribution is 9.09. The third-order valence-corrected chi connectivity index (χ3v) is 2.78. The number of rotatable bonds is 2. The Hall–Kier alpha value is -1.47. The fraction of sp³-hybridized carbons (Fsp3) is 0.182. The van der Waals surface area contributed by atoms with Gasteiger partial charge in [-0.1, -0.05) is 34.1 Å². The first-order chi connectivity index (χ1) is 7.35. The van der Waals surface area contributed by atoms with E-state index in [4.69, 9.17) is 5.26 Å². The summed E-state index contributed by atoms with van der Waals surface area (Å²) in [7, 11) is 0. The van der Waals surface area contributed by atoms with Gasteiger partial charge in [-0.25, -0.2) is 9.97 Å². The quantitative estimate of drug-likeness (QED) is 0.781. The first-order valence-corrected chi connectivity index (χ1v) is 5.64. The number of benzene rings is 1. The summed E-state index contributed by atoms with van der Waals surface area (Å²) in [6, 6.07) is 9.90. The van der Waals surface area contributed by atoms with Crippen LogP contribution in [0, 0.1) is 11.3 Å². The molecule has 1 aromatic heterocycles. The predicted molar refractivity (Wildman–Crippen MR) is 61.7 cm³/mol. The molecule has 1 heterocycles. The summed E-state index contributed by atoms with van der Waals surface area (Å²) >= 11 is 3.27. The standard InChI is InChI=1S/C11H8BrN3/c12-5-9(6-13)11-14-7-8-3-1-2-4-10(8)15-11/h1-4,7,9H,5H2. The lowest BCUT2D eigenvalue weighted by Gasteiger charge is -2.04. The second kappa shape index (κ2) is 4.37. The highest BCUT2D eigenvalue weighted by Crippen LogP contribution is 2.16. The Kier molecular flexibility index (Phi) is 2.93. The molecular weight excluding hydrogens is 254 g/mol. The fourth-order valence-electron chi connectivity index (χ4n) is 1.32. The van der Waals surface area contributed by atoms with Crippen molar-refractivity contribution in [3.05, 3.63) is 36.3 Å². The van der Waals surface area contributed by atoms with Crippen LogP contribution in [-0.2, 0) is 0 Å². The van der Waals surface area contributed by atoms with Crippen molar-refractivity contribution < 1.29 is 0 Å². The van der Waals surface area contributed by atoms with E-state index in [1.807, 2.05) is 24.3 Å². The molecule has 0 saturated heterocycles. The summed E-state index contributed by atoms with van der Waals surface area (Å²) in [5, 5.41) is 10.4. The van der Waals surface area contributed by atoms with Gasteiger partial charge < -0.3 is 0 Å². The van der Waals surface area contributed by atoms with Crippen molar-refractivity contribution in [3.63, 3.8) is 0 Å². The summed E-state index contributed by atoms with van der Waals surface area (Å²) in [6.07, 6.45) is 1.75. The number of alkyl halides is 1. The number of para-hydroxylation sites is 1. The first kappa shape index (κ1) is 10.1. The molecule has 0 radical (unpaired) electrons. The predicted octanol–water partition coefficient (Wildman–Crippen LogP) is 2.63. The second-order valence-electron chi connectivity index (χ2n) is 3.12. The minimum atomic E-state index is -0.283. The molecule has 0 saturated carbocycles. The highest BCUT2D eigenvalue weighted by Gasteiger charge is 2.12. The molecule has 15 heavy (non-hydrogen) atoms. The van der Waals surface area contributed by atoms with E-state index in [1.165, 1.54) is 0 Å². The Balaban J connectivity index is 2.52. The number of fused-ring (bicyclic) bond motifs is 1. The summed E-state index contributed by atoms with van der Waals surface area (Å²) < 4.78 is 0. The minimum absolute atomic E-state index is 0.283. The molecule has 0 bridgehead atoms. The molecule has 1 unspecified atom stereocenters. The number of aromatic nitrogens is 2. The van der Waals surface area contributed by atoms with E-state index in [2.05, 4.69) is 32.0 Å². The van der Waals surface area contributed by atoms with Crippen LogP contribution in [0.25, 0.3) is 10.9 Å². The van der Waals surface area contributed by atoms with Crippen molar-refractivity contribution in [2.75, 3.05) is 5.33 Å². The number of nitriles is 1. The summed E-state index contributed by atoms with van der Waals surface area (Å²) in [5.74, 6) is 0.294. The maximum Gasteiger partial charge on any atom is 0.146 e. The monoisotopic (exact) mass is 261 g/mol. The van der Waals surface area contributed by atoms with Crippen LogP contribution in [0.4, 0.5) is 0 Å². The van der Waals surface area contributed by atoms with Gasteiger partial charge in [-0.15, -0.1) is 0 Å². The van der Waals surface area contributed by atoms with Gasteiger partial charge >= 0.3 is 0 Å². The Bertz CT molecular complexity index is 518. The number of hydrogen-bond donors (Lipinski definition) is 0. The SMILES string of the molecule is N#CC(CBr)c1ncc2ccccc2n1. The molecule has 0 aliphatic carbocycles. The van der Waals surface area contributed by atoms with Crippen LogP contribution in [0.1, 0.15) is 11.7 Å². The van der Waals surface area contributed by atoms with Gasteiger partial charge in [0, 0.05) is 16.9 Å². The van der Waals surface area contributed by atoms with E-state index in [0.717, 1.165) is 10.9 Å². The molecule has 74 valence electrons. The molecule has 1 aromatic carbocycles. The van der Waals surface area contributed by atoms with E-state index in [1.54, 1.807) is 6.20 Å². The largest absolute Gasteiger partial charge is 0.239 e. The van der Waals surface area contributed by atoms with Crippen molar-refractivity contribution >= 4 is 26.8 Å². The van der Waals surface area contributed by atoms with E-state index in [9.17, 15) is 0 Å². The van der Waals surface area contributed by atoms with Gasteiger partial charge in [0.25, 0.3) is 0 Å². The summed E-state index contributed by atoms with van der Waals surface area (Å²) in [6.45, 7) is 0. The Morgan fingerprint density at radius 1 is 1.40 bits per heavy atom. The zero-order valence-corrected chi connectivity index (χ0v) is 9.48. The summed E-state index contributed by atoms with van der Waals surface area (Å²) in [4.78, 5) is 8.54. The van der Waals surface area contributed by atoms with Crippen molar-refractivity contribution in [1.82, 2.24) is 9.97 Å². The molecule has 2 rings (SSSR count). The number of halogens is 1. The molecule has 0 spiro atoms. The van der Waals surface area contributed by atoms with Crippen molar-refractivity contribution in [1.29, 1.82) is 5.26 Å². The first-order valence-electron chi connectivity index (χ1n) is 4.52. The average molecular weight is 262 g/mol. The molecule has 3 nitrogen and oxygen atoms in total. The Labute approximate surface area is 95.9 Å². The van der Waals surface area contributed by atoms with Gasteiger partial charge in [-0.05, 0) is 6.07 Å². The molecule has 0 amide bonds. The highest BCUT2D eigenvalue weighted by atomic mass is 79.9. The van der Waals surface area contributed by atoms with Crippen molar-refractivity contribution in [2.24, 2.45) is 0 Å². The molecule has 0 N–H and O–H groups in total. The van der Waals surface area contributed by atoms with Gasteiger partial charge in [0.15, 0.2) is 0 Å². The maximum atomic E-state index is 8.89. The van der Waals surface area contributed by atoms with Crippen molar-refractivity contribution in [3.8, 4) is 6.07 Å². The normalized spacial score (nSPS) is 12.3. The smallest absolute Gasteiger partial charge is 0.146 e. The lowest BCUT2D eigenvalue weighted by Crippen LogP contribution is -2.03. The molecule has 0 fully saturated rings. The Morgan fingerprint density at radius 3 is 2.93 bits per heavy atom. The van der Waals surface area contributed by atoms with Gasteiger partial charge in [-0.2, -0.15) is 5.26 Å². The molecule has 4 heteroatoms. The molecule has 2 aromatic rings. The van der Waals surface area contributed by atoms with Crippen LogP contribution < -0.4 is 0 Å². The lowest BCUT2D eigenvalue weighted by atomic mass is 10.2. The van der Waals surface area contributed by atoms with Crippen LogP contribution in [0.15, 0.2) is 30.5 Å². The third kappa shape index (κ3) is 1.97. The third-order valence-electron chi connectivity index (χ3n) is 2.13.